The molecule has 0 spiro atoms. The number of thiophene rings is 1. The van der Waals surface area contributed by atoms with Crippen LogP contribution in [0.4, 0.5) is 0 Å². The minimum Gasteiger partial charge on any atom is -0.507 e. The molecule has 0 amide bonds. The zero-order chi connectivity index (χ0) is 13.7. The lowest BCUT2D eigenvalue weighted by atomic mass is 9.88. The van der Waals surface area contributed by atoms with Gasteiger partial charge < -0.3 is 10.2 Å². The van der Waals surface area contributed by atoms with Crippen molar-refractivity contribution in [2.75, 3.05) is 0 Å². The third kappa shape index (κ3) is 1.63. The van der Waals surface area contributed by atoms with Crippen molar-refractivity contribution in [3.63, 3.8) is 0 Å². The molecule has 3 rings (SSSR count). The fourth-order valence-electron chi connectivity index (χ4n) is 2.18. The molecule has 1 aliphatic carbocycles. The summed E-state index contributed by atoms with van der Waals surface area (Å²) in [6.07, 6.45) is -0.729. The fraction of sp³-hybridized carbons (Fsp3) is 0.143. The highest BCUT2D eigenvalue weighted by atomic mass is 32.1. The average Bonchev–Trinajstić information content (AvgIpc) is 2.81. The van der Waals surface area contributed by atoms with Gasteiger partial charge in [0, 0.05) is 16.0 Å². The Morgan fingerprint density at radius 2 is 1.89 bits per heavy atom. The number of ketones is 2. The maximum atomic E-state index is 12.3. The van der Waals surface area contributed by atoms with Crippen LogP contribution in [0, 0.1) is 0 Å². The van der Waals surface area contributed by atoms with Crippen LogP contribution in [-0.4, -0.2) is 21.8 Å². The number of benzene rings is 1. The molecule has 19 heavy (non-hydrogen) atoms. The van der Waals surface area contributed by atoms with E-state index in [0.29, 0.717) is 9.75 Å². The van der Waals surface area contributed by atoms with E-state index in [1.165, 1.54) is 24.3 Å². The van der Waals surface area contributed by atoms with Crippen LogP contribution in [-0.2, 0) is 0 Å². The van der Waals surface area contributed by atoms with Crippen LogP contribution in [0.5, 0.6) is 5.75 Å². The van der Waals surface area contributed by atoms with E-state index >= 15 is 0 Å². The molecule has 1 aromatic heterocycles. The van der Waals surface area contributed by atoms with Crippen molar-refractivity contribution in [2.24, 2.45) is 0 Å². The number of aromatic hydroxyl groups is 1. The number of carbonyl (C=O) groups excluding carboxylic acids is 2. The number of fused-ring (bicyclic) bond motifs is 2. The third-order valence-corrected chi connectivity index (χ3v) is 4.43. The first-order chi connectivity index (χ1) is 9.00. The van der Waals surface area contributed by atoms with E-state index in [9.17, 15) is 19.8 Å². The van der Waals surface area contributed by atoms with E-state index in [-0.39, 0.29) is 34.0 Å². The van der Waals surface area contributed by atoms with Gasteiger partial charge in [-0.15, -0.1) is 11.3 Å². The second kappa shape index (κ2) is 4.01. The maximum absolute atomic E-state index is 12.3. The SMILES string of the molecule is C[C@H](O)c1cc2c(s1)C(=O)c1cccc(O)c1C2=O. The van der Waals surface area contributed by atoms with Gasteiger partial charge in [0.25, 0.3) is 0 Å². The van der Waals surface area contributed by atoms with Gasteiger partial charge in [0.2, 0.25) is 5.78 Å². The molecule has 1 aromatic carbocycles. The summed E-state index contributed by atoms with van der Waals surface area (Å²) in [5, 5.41) is 19.3. The lowest BCUT2D eigenvalue weighted by molar-refractivity contribution is 0.0980. The van der Waals surface area contributed by atoms with Gasteiger partial charge in [0.1, 0.15) is 5.75 Å². The number of phenolic OH excluding ortho intramolecular Hbond substituents is 1. The van der Waals surface area contributed by atoms with Gasteiger partial charge >= 0.3 is 0 Å². The number of phenols is 1. The van der Waals surface area contributed by atoms with Crippen molar-refractivity contribution in [3.05, 3.63) is 50.7 Å². The largest absolute Gasteiger partial charge is 0.507 e. The van der Waals surface area contributed by atoms with Gasteiger partial charge in [-0.3, -0.25) is 9.59 Å². The van der Waals surface area contributed by atoms with Gasteiger partial charge in [-0.25, -0.2) is 0 Å². The molecular weight excluding hydrogens is 264 g/mol. The topological polar surface area (TPSA) is 74.6 Å². The van der Waals surface area contributed by atoms with Crippen molar-refractivity contribution in [1.29, 1.82) is 0 Å². The predicted molar refractivity (Wildman–Crippen MR) is 69.9 cm³/mol. The molecule has 1 aliphatic rings. The normalized spacial score (nSPS) is 15.1. The summed E-state index contributed by atoms with van der Waals surface area (Å²) in [6.45, 7) is 1.58. The summed E-state index contributed by atoms with van der Waals surface area (Å²) in [6, 6.07) is 5.98. The molecule has 0 saturated heterocycles. The minimum atomic E-state index is -0.729. The predicted octanol–water partition coefficient (Wildman–Crippen LogP) is 2.28. The molecule has 0 fully saturated rings. The number of aliphatic hydroxyl groups excluding tert-OH is 1. The Labute approximate surface area is 112 Å². The monoisotopic (exact) mass is 274 g/mol. The lowest BCUT2D eigenvalue weighted by Crippen LogP contribution is -2.18. The summed E-state index contributed by atoms with van der Waals surface area (Å²) >= 11 is 1.12. The van der Waals surface area contributed by atoms with E-state index in [0.717, 1.165) is 11.3 Å². The molecule has 4 nitrogen and oxygen atoms in total. The molecule has 1 heterocycles. The molecule has 0 aliphatic heterocycles. The average molecular weight is 274 g/mol. The molecule has 2 N–H and O–H groups in total. The van der Waals surface area contributed by atoms with Crippen LogP contribution in [0.25, 0.3) is 0 Å². The van der Waals surface area contributed by atoms with Crippen molar-refractivity contribution >= 4 is 22.9 Å². The Kier molecular flexibility index (Phi) is 2.55. The van der Waals surface area contributed by atoms with Gasteiger partial charge in [0.15, 0.2) is 5.78 Å². The highest BCUT2D eigenvalue weighted by Crippen LogP contribution is 2.38. The lowest BCUT2D eigenvalue weighted by Gasteiger charge is -2.14. The van der Waals surface area contributed by atoms with E-state index in [1.54, 1.807) is 6.92 Å². The van der Waals surface area contributed by atoms with Crippen LogP contribution >= 0.6 is 11.3 Å². The Bertz CT molecular complexity index is 712. The number of carbonyl (C=O) groups is 2. The third-order valence-electron chi connectivity index (χ3n) is 3.13. The second-order valence-corrected chi connectivity index (χ2v) is 5.51. The van der Waals surface area contributed by atoms with E-state index in [4.69, 9.17) is 0 Å². The standard InChI is InChI=1S/C14H10O4S/c1-6(15)10-5-8-12(17)11-7(3-2-4-9(11)16)13(18)14(8)19-10/h2-6,15-16H,1H3/t6-/m0/s1. The number of hydrogen-bond donors (Lipinski definition) is 2. The molecule has 1 atom stereocenters. The Hall–Kier alpha value is -1.98. The second-order valence-electron chi connectivity index (χ2n) is 4.43. The van der Waals surface area contributed by atoms with E-state index in [2.05, 4.69) is 0 Å². The van der Waals surface area contributed by atoms with Crippen LogP contribution in [0.1, 0.15) is 49.1 Å². The van der Waals surface area contributed by atoms with E-state index in [1.807, 2.05) is 0 Å². The Morgan fingerprint density at radius 1 is 1.16 bits per heavy atom. The van der Waals surface area contributed by atoms with Gasteiger partial charge in [-0.2, -0.15) is 0 Å². The number of rotatable bonds is 1. The van der Waals surface area contributed by atoms with Crippen LogP contribution in [0.15, 0.2) is 24.3 Å². The highest BCUT2D eigenvalue weighted by Gasteiger charge is 2.34. The van der Waals surface area contributed by atoms with Crippen LogP contribution < -0.4 is 0 Å². The number of hydrogen-bond acceptors (Lipinski definition) is 5. The quantitative estimate of drug-likeness (QED) is 0.714. The summed E-state index contributed by atoms with van der Waals surface area (Å²) in [7, 11) is 0. The van der Waals surface area contributed by atoms with Crippen molar-refractivity contribution in [2.45, 2.75) is 13.0 Å². The molecule has 2 aromatic rings. The Morgan fingerprint density at radius 3 is 2.58 bits per heavy atom. The molecular formula is C14H10O4S. The molecule has 0 unspecified atom stereocenters. The van der Waals surface area contributed by atoms with Gasteiger partial charge in [0.05, 0.1) is 16.5 Å². The molecule has 96 valence electrons. The summed E-state index contributed by atoms with van der Waals surface area (Å²) < 4.78 is 0. The fourth-order valence-corrected chi connectivity index (χ4v) is 3.23. The van der Waals surface area contributed by atoms with Gasteiger partial charge in [-0.05, 0) is 25.1 Å². The zero-order valence-corrected chi connectivity index (χ0v) is 10.8. The van der Waals surface area contributed by atoms with Crippen molar-refractivity contribution < 1.29 is 19.8 Å². The molecule has 5 heteroatoms. The first-order valence-corrected chi connectivity index (χ1v) is 6.55. The maximum Gasteiger partial charge on any atom is 0.204 e. The molecule has 0 saturated carbocycles. The molecule has 0 bridgehead atoms. The number of aliphatic hydroxyl groups is 1. The summed E-state index contributed by atoms with van der Waals surface area (Å²) in [4.78, 5) is 25.5. The van der Waals surface area contributed by atoms with E-state index < -0.39 is 6.10 Å². The zero-order valence-electron chi connectivity index (χ0n) is 10.0. The highest BCUT2D eigenvalue weighted by molar-refractivity contribution is 7.14. The van der Waals surface area contributed by atoms with Crippen molar-refractivity contribution in [1.82, 2.24) is 0 Å². The first kappa shape index (κ1) is 12.1. The summed E-state index contributed by atoms with van der Waals surface area (Å²) in [5.74, 6) is -0.838. The summed E-state index contributed by atoms with van der Waals surface area (Å²) in [5.41, 5.74) is 0.534. The first-order valence-electron chi connectivity index (χ1n) is 5.74. The smallest absolute Gasteiger partial charge is 0.204 e. The van der Waals surface area contributed by atoms with Crippen LogP contribution in [0.2, 0.25) is 0 Å². The molecule has 0 radical (unpaired) electrons. The van der Waals surface area contributed by atoms with Gasteiger partial charge in [-0.1, -0.05) is 6.07 Å². The van der Waals surface area contributed by atoms with Crippen molar-refractivity contribution in [3.8, 4) is 5.75 Å². The minimum absolute atomic E-state index is 0.0509. The Balaban J connectivity index is 2.27. The van der Waals surface area contributed by atoms with Crippen LogP contribution in [0.3, 0.4) is 0 Å².